The van der Waals surface area contributed by atoms with Gasteiger partial charge in [0.2, 0.25) is 0 Å². The normalized spacial score (nSPS) is 18.9. The maximum atomic E-state index is 10.0. The van der Waals surface area contributed by atoms with E-state index in [1.165, 1.54) is 7.05 Å². The molecule has 0 fully saturated rings. The molecule has 0 aliphatic carbocycles. The van der Waals surface area contributed by atoms with E-state index < -0.39 is 24.9 Å². The Labute approximate surface area is 64.7 Å². The predicted octanol–water partition coefficient (Wildman–Crippen LogP) is -2.51. The highest BCUT2D eigenvalue weighted by Crippen LogP contribution is 1.96. The Morgan fingerprint density at radius 3 is 2.36 bits per heavy atom. The number of aliphatic hydroxyl groups excluding tert-OH is 3. The fraction of sp³-hybridized carbons (Fsp3) is 0.833. The molecule has 66 valence electrons. The van der Waals surface area contributed by atoms with Crippen LogP contribution in [0.25, 0.3) is 0 Å². The molecule has 0 bridgehead atoms. The second-order valence-electron chi connectivity index (χ2n) is 2.19. The van der Waals surface area contributed by atoms with Crippen molar-refractivity contribution in [3.63, 3.8) is 0 Å². The first-order chi connectivity index (χ1) is 5.17. The molecule has 5 nitrogen and oxygen atoms in total. The smallest absolute Gasteiger partial charge is 0.150 e. The number of aliphatic hydroxyl groups is 3. The first kappa shape index (κ1) is 10.5. The molecule has 0 heterocycles. The molecule has 0 aromatic carbocycles. The van der Waals surface area contributed by atoms with Gasteiger partial charge < -0.3 is 25.4 Å². The third-order valence-corrected chi connectivity index (χ3v) is 1.44. The molecule has 5 heteroatoms. The average molecular weight is 163 g/mol. The molecular weight excluding hydrogens is 150 g/mol. The van der Waals surface area contributed by atoms with Gasteiger partial charge >= 0.3 is 0 Å². The van der Waals surface area contributed by atoms with Gasteiger partial charge in [-0.1, -0.05) is 0 Å². The Hall–Kier alpha value is -0.490. The lowest BCUT2D eigenvalue weighted by Gasteiger charge is -2.22. The van der Waals surface area contributed by atoms with Crippen molar-refractivity contribution in [2.75, 3.05) is 13.7 Å². The Kier molecular flexibility index (Phi) is 4.97. The molecular formula is C6H13NO4. The summed E-state index contributed by atoms with van der Waals surface area (Å²) in [7, 11) is 1.48. The van der Waals surface area contributed by atoms with Crippen LogP contribution < -0.4 is 5.32 Å². The van der Waals surface area contributed by atoms with E-state index in [1.54, 1.807) is 0 Å². The molecule has 4 N–H and O–H groups in total. The van der Waals surface area contributed by atoms with Gasteiger partial charge in [0.15, 0.2) is 0 Å². The number of aldehydes is 1. The lowest BCUT2D eigenvalue weighted by atomic mass is 10.1. The lowest BCUT2D eigenvalue weighted by Crippen LogP contribution is -2.49. The Balaban J connectivity index is 4.02. The molecule has 0 aromatic heterocycles. The molecule has 0 aliphatic heterocycles. The Morgan fingerprint density at radius 2 is 2.09 bits per heavy atom. The van der Waals surface area contributed by atoms with Gasteiger partial charge in [0.1, 0.15) is 12.4 Å². The maximum absolute atomic E-state index is 10.0. The largest absolute Gasteiger partial charge is 0.394 e. The van der Waals surface area contributed by atoms with Crippen molar-refractivity contribution in [2.45, 2.75) is 18.2 Å². The molecule has 0 radical (unpaired) electrons. The summed E-state index contributed by atoms with van der Waals surface area (Å²) in [4.78, 5) is 10.0. The fourth-order valence-corrected chi connectivity index (χ4v) is 0.789. The minimum Gasteiger partial charge on any atom is -0.394 e. The van der Waals surface area contributed by atoms with Crippen LogP contribution in [0.1, 0.15) is 0 Å². The zero-order valence-electron chi connectivity index (χ0n) is 6.27. The summed E-state index contributed by atoms with van der Waals surface area (Å²) >= 11 is 0. The number of hydrogen-bond donors (Lipinski definition) is 4. The minimum absolute atomic E-state index is 0.306. The molecule has 0 amide bonds. The van der Waals surface area contributed by atoms with Gasteiger partial charge in [-0.05, 0) is 7.05 Å². The van der Waals surface area contributed by atoms with Crippen molar-refractivity contribution in [3.05, 3.63) is 0 Å². The van der Waals surface area contributed by atoms with Crippen LogP contribution in [0.3, 0.4) is 0 Å². The van der Waals surface area contributed by atoms with Crippen molar-refractivity contribution >= 4 is 6.29 Å². The van der Waals surface area contributed by atoms with Gasteiger partial charge in [-0.25, -0.2) is 0 Å². The van der Waals surface area contributed by atoms with Crippen molar-refractivity contribution in [2.24, 2.45) is 0 Å². The molecule has 0 spiro atoms. The number of carbonyl (C=O) groups excluding carboxylic acids is 1. The summed E-state index contributed by atoms with van der Waals surface area (Å²) in [5, 5.41) is 28.9. The zero-order chi connectivity index (χ0) is 8.85. The summed E-state index contributed by atoms with van der Waals surface area (Å²) < 4.78 is 0. The fourth-order valence-electron chi connectivity index (χ4n) is 0.789. The summed E-state index contributed by atoms with van der Waals surface area (Å²) in [5.74, 6) is 0. The topological polar surface area (TPSA) is 89.8 Å². The van der Waals surface area contributed by atoms with E-state index in [-0.39, 0.29) is 0 Å². The van der Waals surface area contributed by atoms with Crippen molar-refractivity contribution in [3.8, 4) is 0 Å². The van der Waals surface area contributed by atoms with E-state index in [9.17, 15) is 4.79 Å². The van der Waals surface area contributed by atoms with Gasteiger partial charge in [0.25, 0.3) is 0 Å². The van der Waals surface area contributed by atoms with Crippen molar-refractivity contribution in [1.29, 1.82) is 0 Å². The number of hydrogen-bond acceptors (Lipinski definition) is 5. The second kappa shape index (κ2) is 5.20. The van der Waals surface area contributed by atoms with Crippen LogP contribution in [0.4, 0.5) is 0 Å². The highest BCUT2D eigenvalue weighted by atomic mass is 16.3. The van der Waals surface area contributed by atoms with Gasteiger partial charge in [-0.2, -0.15) is 0 Å². The Bertz CT molecular complexity index is 119. The minimum atomic E-state index is -1.29. The first-order valence-electron chi connectivity index (χ1n) is 3.27. The first-order valence-corrected chi connectivity index (χ1v) is 3.27. The van der Waals surface area contributed by atoms with E-state index >= 15 is 0 Å². The lowest BCUT2D eigenvalue weighted by molar-refractivity contribution is -0.118. The van der Waals surface area contributed by atoms with Crippen LogP contribution >= 0.6 is 0 Å². The van der Waals surface area contributed by atoms with Crippen molar-refractivity contribution in [1.82, 2.24) is 5.32 Å². The number of nitrogens with one attached hydrogen (secondary N) is 1. The molecule has 3 atom stereocenters. The van der Waals surface area contributed by atoms with Crippen LogP contribution in [0.5, 0.6) is 0 Å². The van der Waals surface area contributed by atoms with Crippen LogP contribution in [0.15, 0.2) is 0 Å². The monoisotopic (exact) mass is 163 g/mol. The van der Waals surface area contributed by atoms with E-state index in [2.05, 4.69) is 5.32 Å². The predicted molar refractivity (Wildman–Crippen MR) is 38.0 cm³/mol. The summed E-state index contributed by atoms with van der Waals surface area (Å²) in [6.45, 7) is -0.490. The second-order valence-corrected chi connectivity index (χ2v) is 2.19. The summed E-state index contributed by atoms with van der Waals surface area (Å²) in [6.07, 6.45) is -2.11. The highest BCUT2D eigenvalue weighted by molar-refractivity contribution is 5.57. The summed E-state index contributed by atoms with van der Waals surface area (Å²) in [5.41, 5.74) is 0. The standard InChI is InChI=1S/C6H13NO4/c1-7-6(4(10)2-8)5(11)3-9/h2,4-7,9-11H,3H2,1H3/t4-,5-,6+/m1/s1. The third-order valence-electron chi connectivity index (χ3n) is 1.44. The number of carbonyl (C=O) groups is 1. The molecule has 11 heavy (non-hydrogen) atoms. The third kappa shape index (κ3) is 2.94. The van der Waals surface area contributed by atoms with Crippen LogP contribution in [0.2, 0.25) is 0 Å². The number of rotatable bonds is 5. The van der Waals surface area contributed by atoms with Crippen LogP contribution in [0, 0.1) is 0 Å². The quantitative estimate of drug-likeness (QED) is 0.336. The van der Waals surface area contributed by atoms with E-state index in [4.69, 9.17) is 15.3 Å². The molecule has 0 saturated carbocycles. The maximum Gasteiger partial charge on any atom is 0.150 e. The zero-order valence-corrected chi connectivity index (χ0v) is 6.27. The van der Waals surface area contributed by atoms with Gasteiger partial charge in [0.05, 0.1) is 18.8 Å². The van der Waals surface area contributed by atoms with Crippen molar-refractivity contribution < 1.29 is 20.1 Å². The van der Waals surface area contributed by atoms with Gasteiger partial charge in [-0.3, -0.25) is 0 Å². The van der Waals surface area contributed by atoms with Crippen LogP contribution in [-0.2, 0) is 4.79 Å². The number of likely N-dealkylation sites (N-methyl/N-ethyl adjacent to an activating group) is 1. The SMILES string of the molecule is CN[C@@H]([C@H](O)C=O)[C@H](O)CO. The van der Waals surface area contributed by atoms with Gasteiger partial charge in [-0.15, -0.1) is 0 Å². The molecule has 0 rings (SSSR count). The highest BCUT2D eigenvalue weighted by Gasteiger charge is 2.23. The molecule has 0 aromatic rings. The summed E-state index contributed by atoms with van der Waals surface area (Å²) in [6, 6.07) is -0.808. The molecule has 0 saturated heterocycles. The average Bonchev–Trinajstić information content (AvgIpc) is 2.05. The van der Waals surface area contributed by atoms with E-state index in [0.29, 0.717) is 6.29 Å². The van der Waals surface area contributed by atoms with E-state index in [0.717, 1.165) is 0 Å². The molecule has 0 unspecified atom stereocenters. The van der Waals surface area contributed by atoms with Gasteiger partial charge in [0, 0.05) is 0 Å². The van der Waals surface area contributed by atoms with Crippen LogP contribution in [-0.4, -0.2) is 53.5 Å². The molecule has 0 aliphatic rings. The Morgan fingerprint density at radius 1 is 1.55 bits per heavy atom. The van der Waals surface area contributed by atoms with E-state index in [1.807, 2.05) is 0 Å².